The van der Waals surface area contributed by atoms with E-state index in [9.17, 15) is 5.11 Å². The Morgan fingerprint density at radius 1 is 1.03 bits per heavy atom. The standard InChI is InChI=1S/C25H28N10O/c1-3-22(36)29-16-8-15(10-26-11-16)18-9-17-19(13-28-18)32-33-23(17)25-30-20-12-27-14-21(24(20)31-25)35-6-4-34(2)5-7-35/h8-14,22,29,36H,3-7H2,1-2H3,(H,30,31)(H,32,33). The smallest absolute Gasteiger partial charge is 0.159 e. The number of rotatable bonds is 6. The number of aromatic nitrogens is 7. The highest BCUT2D eigenvalue weighted by Crippen LogP contribution is 2.32. The number of aromatic amines is 2. The summed E-state index contributed by atoms with van der Waals surface area (Å²) < 4.78 is 0. The molecule has 6 rings (SSSR count). The van der Waals surface area contributed by atoms with E-state index in [1.54, 1.807) is 18.6 Å². The summed E-state index contributed by atoms with van der Waals surface area (Å²) in [7, 11) is 2.14. The van der Waals surface area contributed by atoms with Gasteiger partial charge in [0.15, 0.2) is 5.82 Å². The molecule has 5 aromatic heterocycles. The number of pyridine rings is 3. The molecule has 0 amide bonds. The van der Waals surface area contributed by atoms with Crippen LogP contribution < -0.4 is 10.2 Å². The second kappa shape index (κ2) is 9.17. The number of aliphatic hydroxyl groups excluding tert-OH is 1. The van der Waals surface area contributed by atoms with E-state index >= 15 is 0 Å². The van der Waals surface area contributed by atoms with Gasteiger partial charge in [0.1, 0.15) is 17.4 Å². The van der Waals surface area contributed by atoms with Crippen LogP contribution in [0.5, 0.6) is 0 Å². The van der Waals surface area contributed by atoms with Crippen molar-refractivity contribution in [1.29, 1.82) is 0 Å². The molecule has 5 aromatic rings. The Balaban J connectivity index is 1.37. The monoisotopic (exact) mass is 484 g/mol. The van der Waals surface area contributed by atoms with Crippen molar-refractivity contribution >= 4 is 33.3 Å². The Kier molecular flexibility index (Phi) is 5.70. The van der Waals surface area contributed by atoms with E-state index in [-0.39, 0.29) is 0 Å². The second-order valence-corrected chi connectivity index (χ2v) is 9.15. The van der Waals surface area contributed by atoms with Gasteiger partial charge in [-0.2, -0.15) is 5.10 Å². The van der Waals surface area contributed by atoms with Gasteiger partial charge in [-0.3, -0.25) is 20.1 Å². The molecule has 11 nitrogen and oxygen atoms in total. The zero-order valence-corrected chi connectivity index (χ0v) is 20.2. The molecule has 0 aliphatic carbocycles. The third-order valence-corrected chi connectivity index (χ3v) is 6.64. The Morgan fingerprint density at radius 3 is 2.69 bits per heavy atom. The summed E-state index contributed by atoms with van der Waals surface area (Å²) in [5, 5.41) is 21.5. The zero-order chi connectivity index (χ0) is 24.6. The molecule has 11 heteroatoms. The summed E-state index contributed by atoms with van der Waals surface area (Å²) in [6.07, 6.45) is 8.88. The average molecular weight is 485 g/mol. The van der Waals surface area contributed by atoms with Gasteiger partial charge in [-0.1, -0.05) is 6.92 Å². The number of fused-ring (bicyclic) bond motifs is 2. The summed E-state index contributed by atoms with van der Waals surface area (Å²) in [5.74, 6) is 0.677. The summed E-state index contributed by atoms with van der Waals surface area (Å²) in [4.78, 5) is 26.4. The predicted molar refractivity (Wildman–Crippen MR) is 140 cm³/mol. The third kappa shape index (κ3) is 4.12. The Hall–Kier alpha value is -4.09. The van der Waals surface area contributed by atoms with E-state index in [0.717, 1.165) is 76.4 Å². The van der Waals surface area contributed by atoms with Crippen molar-refractivity contribution in [1.82, 2.24) is 40.0 Å². The largest absolute Gasteiger partial charge is 0.374 e. The number of nitrogens with zero attached hydrogens (tertiary/aromatic N) is 7. The highest BCUT2D eigenvalue weighted by Gasteiger charge is 2.20. The number of anilines is 2. The van der Waals surface area contributed by atoms with E-state index in [1.807, 2.05) is 31.5 Å². The van der Waals surface area contributed by atoms with Gasteiger partial charge in [0.05, 0.1) is 52.9 Å². The summed E-state index contributed by atoms with van der Waals surface area (Å²) in [6.45, 7) is 5.81. The van der Waals surface area contributed by atoms with Gasteiger partial charge in [0.25, 0.3) is 0 Å². The molecular weight excluding hydrogens is 456 g/mol. The molecule has 4 N–H and O–H groups in total. The Labute approximate surface area is 207 Å². The van der Waals surface area contributed by atoms with Crippen LogP contribution in [0.2, 0.25) is 0 Å². The number of aliphatic hydroxyl groups is 1. The normalized spacial score (nSPS) is 15.6. The minimum Gasteiger partial charge on any atom is -0.374 e. The number of likely N-dealkylation sites (N-methyl/N-ethyl adjacent to an activating group) is 1. The van der Waals surface area contributed by atoms with E-state index < -0.39 is 6.23 Å². The van der Waals surface area contributed by atoms with Crippen LogP contribution in [0.1, 0.15) is 13.3 Å². The highest BCUT2D eigenvalue weighted by molar-refractivity contribution is 5.96. The van der Waals surface area contributed by atoms with E-state index in [2.05, 4.69) is 52.3 Å². The van der Waals surface area contributed by atoms with Crippen molar-refractivity contribution in [2.24, 2.45) is 0 Å². The maximum Gasteiger partial charge on any atom is 0.159 e. The van der Waals surface area contributed by atoms with Gasteiger partial charge in [-0.15, -0.1) is 0 Å². The van der Waals surface area contributed by atoms with Crippen molar-refractivity contribution in [3.05, 3.63) is 43.1 Å². The van der Waals surface area contributed by atoms with Crippen molar-refractivity contribution in [2.45, 2.75) is 19.6 Å². The summed E-state index contributed by atoms with van der Waals surface area (Å²) in [6, 6.07) is 3.91. The lowest BCUT2D eigenvalue weighted by atomic mass is 10.1. The number of nitrogens with one attached hydrogen (secondary N) is 3. The number of hydrogen-bond donors (Lipinski definition) is 4. The fraction of sp³-hybridized carbons (Fsp3) is 0.320. The van der Waals surface area contributed by atoms with Crippen molar-refractivity contribution in [3.63, 3.8) is 0 Å². The molecule has 1 aliphatic rings. The Bertz CT molecular complexity index is 1520. The van der Waals surface area contributed by atoms with Crippen LogP contribution >= 0.6 is 0 Å². The maximum atomic E-state index is 9.94. The lowest BCUT2D eigenvalue weighted by Gasteiger charge is -2.33. The van der Waals surface area contributed by atoms with Gasteiger partial charge < -0.3 is 25.2 Å². The van der Waals surface area contributed by atoms with Crippen molar-refractivity contribution < 1.29 is 5.11 Å². The minimum absolute atomic E-state index is 0.594. The number of imidazole rings is 1. The van der Waals surface area contributed by atoms with Crippen LogP contribution in [-0.4, -0.2) is 84.6 Å². The minimum atomic E-state index is -0.628. The first-order chi connectivity index (χ1) is 17.6. The van der Waals surface area contributed by atoms with Crippen LogP contribution in [0.15, 0.2) is 43.1 Å². The van der Waals surface area contributed by atoms with E-state index in [1.165, 1.54) is 0 Å². The Morgan fingerprint density at radius 2 is 1.86 bits per heavy atom. The average Bonchev–Trinajstić information content (AvgIpc) is 3.53. The molecule has 0 bridgehead atoms. The molecule has 0 aromatic carbocycles. The molecule has 36 heavy (non-hydrogen) atoms. The molecule has 1 unspecified atom stereocenters. The number of H-pyrrole nitrogens is 2. The van der Waals surface area contributed by atoms with Gasteiger partial charge >= 0.3 is 0 Å². The van der Waals surface area contributed by atoms with E-state index in [4.69, 9.17) is 4.98 Å². The molecule has 6 heterocycles. The molecule has 1 fully saturated rings. The quantitative estimate of drug-likeness (QED) is 0.268. The van der Waals surface area contributed by atoms with Crippen LogP contribution in [0.3, 0.4) is 0 Å². The van der Waals surface area contributed by atoms with Crippen LogP contribution in [-0.2, 0) is 0 Å². The molecule has 0 saturated carbocycles. The molecule has 0 radical (unpaired) electrons. The molecule has 1 saturated heterocycles. The van der Waals surface area contributed by atoms with Crippen molar-refractivity contribution in [3.8, 4) is 22.8 Å². The number of piperazine rings is 1. The van der Waals surface area contributed by atoms with Gasteiger partial charge in [-0.25, -0.2) is 4.98 Å². The first-order valence-corrected chi connectivity index (χ1v) is 12.1. The molecule has 1 atom stereocenters. The molecule has 184 valence electrons. The first kappa shape index (κ1) is 22.4. The first-order valence-electron chi connectivity index (χ1n) is 12.1. The van der Waals surface area contributed by atoms with E-state index in [0.29, 0.717) is 12.2 Å². The molecular formula is C25H28N10O. The SMILES string of the molecule is CCC(O)Nc1cncc(-c2cc3c(-c4nc5c(N6CCN(C)CC6)cncc5[nH]4)n[nH]c3cn2)c1. The lowest BCUT2D eigenvalue weighted by molar-refractivity contribution is 0.199. The fourth-order valence-electron chi connectivity index (χ4n) is 4.52. The van der Waals surface area contributed by atoms with Crippen molar-refractivity contribution in [2.75, 3.05) is 43.4 Å². The van der Waals surface area contributed by atoms with Gasteiger partial charge in [-0.05, 0) is 25.6 Å². The molecule has 0 spiro atoms. The lowest BCUT2D eigenvalue weighted by Crippen LogP contribution is -2.44. The van der Waals surface area contributed by atoms with Crippen LogP contribution in [0.4, 0.5) is 11.4 Å². The maximum absolute atomic E-state index is 9.94. The summed E-state index contributed by atoms with van der Waals surface area (Å²) >= 11 is 0. The van der Waals surface area contributed by atoms with Crippen LogP contribution in [0, 0.1) is 0 Å². The van der Waals surface area contributed by atoms with Gasteiger partial charge in [0, 0.05) is 43.3 Å². The third-order valence-electron chi connectivity index (χ3n) is 6.64. The topological polar surface area (TPSA) is 135 Å². The van der Waals surface area contributed by atoms with Gasteiger partial charge in [0.2, 0.25) is 0 Å². The molecule has 1 aliphatic heterocycles. The highest BCUT2D eigenvalue weighted by atomic mass is 16.3. The summed E-state index contributed by atoms with van der Waals surface area (Å²) in [5.41, 5.74) is 6.67. The zero-order valence-electron chi connectivity index (χ0n) is 20.2. The van der Waals surface area contributed by atoms with Crippen LogP contribution in [0.25, 0.3) is 44.7 Å². The predicted octanol–water partition coefficient (Wildman–Crippen LogP) is 2.85. The number of hydrogen-bond acceptors (Lipinski definition) is 9. The fourth-order valence-corrected chi connectivity index (χ4v) is 4.52. The second-order valence-electron chi connectivity index (χ2n) is 9.15.